The van der Waals surface area contributed by atoms with Crippen molar-refractivity contribution in [2.45, 2.75) is 12.6 Å². The molecular weight excluding hydrogens is 478 g/mol. The van der Waals surface area contributed by atoms with E-state index in [1.807, 2.05) is 42.5 Å². The maximum Gasteiger partial charge on any atom is 0.262 e. The van der Waals surface area contributed by atoms with Gasteiger partial charge in [0.15, 0.2) is 17.3 Å². The molecule has 1 fully saturated rings. The summed E-state index contributed by atoms with van der Waals surface area (Å²) in [4.78, 5) is 33.0. The molecule has 0 amide bonds. The highest BCUT2D eigenvalue weighted by molar-refractivity contribution is 6.27. The monoisotopic (exact) mass is 509 g/mol. The predicted octanol–water partition coefficient (Wildman–Crippen LogP) is 4.22. The number of likely N-dealkylation sites (N-methyl/N-ethyl adjacent to an activating group) is 1. The average Bonchev–Trinajstić information content (AvgIpc) is 3.25. The van der Waals surface area contributed by atoms with Gasteiger partial charge in [0.1, 0.15) is 0 Å². The number of fused-ring (bicyclic) bond motifs is 5. The second-order valence-corrected chi connectivity index (χ2v) is 10.0. The van der Waals surface area contributed by atoms with Gasteiger partial charge in [0.25, 0.3) is 5.56 Å². The summed E-state index contributed by atoms with van der Waals surface area (Å²) in [5.41, 5.74) is 3.61. The summed E-state index contributed by atoms with van der Waals surface area (Å²) in [5, 5.41) is 0.966. The lowest BCUT2D eigenvalue weighted by Crippen LogP contribution is -2.47. The number of benzene rings is 3. The Morgan fingerprint density at radius 3 is 2.18 bits per heavy atom. The smallest absolute Gasteiger partial charge is 0.262 e. The minimum absolute atomic E-state index is 0.0383. The van der Waals surface area contributed by atoms with Crippen molar-refractivity contribution in [2.75, 3.05) is 47.4 Å². The molecule has 1 aliphatic carbocycles. The standard InChI is InChI=1S/C31H31N3O4/c1-32-15-17-33(18-16-32)24(20-9-5-4-6-10-20)19-34-28-21-11-7-8-12-22(21)29(35)26(28)23-13-14-25(37-2)30(38-3)27(23)31(34)36/h4-14,24H,15-19H2,1-3H3. The summed E-state index contributed by atoms with van der Waals surface area (Å²) in [7, 11) is 5.22. The Morgan fingerprint density at radius 2 is 1.50 bits per heavy atom. The van der Waals surface area contributed by atoms with Crippen molar-refractivity contribution in [1.29, 1.82) is 0 Å². The predicted molar refractivity (Wildman–Crippen MR) is 148 cm³/mol. The highest BCUT2D eigenvalue weighted by Gasteiger charge is 2.35. The lowest BCUT2D eigenvalue weighted by atomic mass is 10.00. The molecule has 1 aromatic heterocycles. The van der Waals surface area contributed by atoms with Gasteiger partial charge < -0.3 is 18.9 Å². The van der Waals surface area contributed by atoms with Gasteiger partial charge in [0.2, 0.25) is 0 Å². The first-order valence-electron chi connectivity index (χ1n) is 13.0. The third kappa shape index (κ3) is 3.81. The first-order valence-corrected chi connectivity index (χ1v) is 13.0. The highest BCUT2D eigenvalue weighted by atomic mass is 16.5. The van der Waals surface area contributed by atoms with Crippen molar-refractivity contribution >= 4 is 16.6 Å². The van der Waals surface area contributed by atoms with Crippen LogP contribution in [0.5, 0.6) is 11.5 Å². The molecule has 1 unspecified atom stereocenters. The Morgan fingerprint density at radius 1 is 0.816 bits per heavy atom. The maximum absolute atomic E-state index is 14.4. The molecular formula is C31H31N3O4. The van der Waals surface area contributed by atoms with Crippen molar-refractivity contribution in [3.05, 3.63) is 93.8 Å². The highest BCUT2D eigenvalue weighted by Crippen LogP contribution is 2.43. The van der Waals surface area contributed by atoms with E-state index in [1.54, 1.807) is 23.8 Å². The Hall–Kier alpha value is -3.94. The third-order valence-electron chi connectivity index (χ3n) is 7.95. The van der Waals surface area contributed by atoms with Gasteiger partial charge in [-0.1, -0.05) is 54.6 Å². The van der Waals surface area contributed by atoms with E-state index in [2.05, 4.69) is 29.0 Å². The molecule has 0 spiro atoms. The second-order valence-electron chi connectivity index (χ2n) is 10.0. The van der Waals surface area contributed by atoms with Gasteiger partial charge in [-0.05, 0) is 24.7 Å². The zero-order valence-electron chi connectivity index (χ0n) is 21.9. The van der Waals surface area contributed by atoms with Gasteiger partial charge in [-0.3, -0.25) is 14.5 Å². The average molecular weight is 510 g/mol. The number of hydrogen-bond acceptors (Lipinski definition) is 6. The van der Waals surface area contributed by atoms with Crippen molar-refractivity contribution in [1.82, 2.24) is 14.4 Å². The van der Waals surface area contributed by atoms with Crippen LogP contribution in [0, 0.1) is 0 Å². The van der Waals surface area contributed by atoms with E-state index >= 15 is 0 Å². The van der Waals surface area contributed by atoms with Crippen LogP contribution < -0.4 is 15.0 Å². The maximum atomic E-state index is 14.4. The summed E-state index contributed by atoms with van der Waals surface area (Å²) >= 11 is 0. The van der Waals surface area contributed by atoms with E-state index < -0.39 is 0 Å². The van der Waals surface area contributed by atoms with Crippen LogP contribution in [0.25, 0.3) is 22.0 Å². The van der Waals surface area contributed by atoms with E-state index in [4.69, 9.17) is 9.47 Å². The van der Waals surface area contributed by atoms with Crippen LogP contribution >= 0.6 is 0 Å². The van der Waals surface area contributed by atoms with E-state index in [0.29, 0.717) is 45.6 Å². The Labute approximate surface area is 221 Å². The normalized spacial score (nSPS) is 16.3. The number of carbonyl (C=O) groups is 1. The lowest BCUT2D eigenvalue weighted by molar-refractivity contribution is 0.101. The molecule has 0 saturated carbocycles. The molecule has 2 heterocycles. The Bertz CT molecular complexity index is 1590. The number of ketones is 1. The number of ether oxygens (including phenoxy) is 2. The van der Waals surface area contributed by atoms with Crippen LogP contribution in [-0.2, 0) is 6.54 Å². The molecule has 1 saturated heterocycles. The van der Waals surface area contributed by atoms with Gasteiger partial charge in [-0.2, -0.15) is 0 Å². The number of hydrogen-bond donors (Lipinski definition) is 0. The van der Waals surface area contributed by atoms with E-state index in [1.165, 1.54) is 7.11 Å². The van der Waals surface area contributed by atoms with Crippen LogP contribution in [0.2, 0.25) is 0 Å². The molecule has 0 N–H and O–H groups in total. The molecule has 3 aromatic carbocycles. The number of pyridine rings is 1. The van der Waals surface area contributed by atoms with Crippen LogP contribution in [0.4, 0.5) is 0 Å². The zero-order valence-corrected chi connectivity index (χ0v) is 21.9. The van der Waals surface area contributed by atoms with Crippen LogP contribution in [0.1, 0.15) is 27.5 Å². The molecule has 7 heteroatoms. The van der Waals surface area contributed by atoms with E-state index in [0.717, 1.165) is 37.3 Å². The molecule has 1 atom stereocenters. The fourth-order valence-corrected chi connectivity index (χ4v) is 5.97. The van der Waals surface area contributed by atoms with Gasteiger partial charge in [0, 0.05) is 49.2 Å². The molecule has 0 bridgehead atoms. The molecule has 2 aliphatic rings. The van der Waals surface area contributed by atoms with E-state index in [9.17, 15) is 9.59 Å². The van der Waals surface area contributed by atoms with Crippen molar-refractivity contribution in [3.8, 4) is 22.8 Å². The lowest BCUT2D eigenvalue weighted by Gasteiger charge is -2.38. The molecule has 0 radical (unpaired) electrons. The Kier molecular flexibility index (Phi) is 6.26. The molecule has 6 rings (SSSR count). The van der Waals surface area contributed by atoms with Crippen molar-refractivity contribution in [3.63, 3.8) is 0 Å². The summed E-state index contributed by atoms with van der Waals surface area (Å²) in [6.07, 6.45) is 0. The number of piperazine rings is 1. The largest absolute Gasteiger partial charge is 0.493 e. The van der Waals surface area contributed by atoms with Gasteiger partial charge in [-0.15, -0.1) is 0 Å². The SMILES string of the molecule is COc1ccc2c3c(n(CC(c4ccccc4)N4CCN(C)CC4)c(=O)c2c1OC)-c1ccccc1C3=O. The molecule has 1 aliphatic heterocycles. The summed E-state index contributed by atoms with van der Waals surface area (Å²) in [6.45, 7) is 4.12. The number of methoxy groups -OCH3 is 2. The number of aromatic nitrogens is 1. The first kappa shape index (κ1) is 24.4. The van der Waals surface area contributed by atoms with Crippen LogP contribution in [0.15, 0.2) is 71.5 Å². The topological polar surface area (TPSA) is 64.0 Å². The summed E-state index contributed by atoms with van der Waals surface area (Å²) in [5.74, 6) is 0.744. The van der Waals surface area contributed by atoms with Crippen LogP contribution in [-0.4, -0.2) is 67.6 Å². The van der Waals surface area contributed by atoms with Crippen LogP contribution in [0.3, 0.4) is 0 Å². The number of carbonyl (C=O) groups excluding carboxylic acids is 1. The van der Waals surface area contributed by atoms with Crippen molar-refractivity contribution in [2.24, 2.45) is 0 Å². The van der Waals surface area contributed by atoms with Gasteiger partial charge in [0.05, 0.1) is 36.9 Å². The Balaban J connectivity index is 1.63. The minimum Gasteiger partial charge on any atom is -0.493 e. The minimum atomic E-state index is -0.186. The molecule has 4 aromatic rings. The quantitative estimate of drug-likeness (QED) is 0.342. The zero-order chi connectivity index (χ0) is 26.4. The van der Waals surface area contributed by atoms with Gasteiger partial charge in [-0.25, -0.2) is 0 Å². The third-order valence-corrected chi connectivity index (χ3v) is 7.95. The van der Waals surface area contributed by atoms with Crippen molar-refractivity contribution < 1.29 is 14.3 Å². The number of nitrogens with zero attached hydrogens (tertiary/aromatic N) is 3. The summed E-state index contributed by atoms with van der Waals surface area (Å²) in [6, 6.07) is 21.4. The van der Waals surface area contributed by atoms with E-state index in [-0.39, 0.29) is 17.4 Å². The molecule has 7 nitrogen and oxygen atoms in total. The van der Waals surface area contributed by atoms with Gasteiger partial charge >= 0.3 is 0 Å². The fourth-order valence-electron chi connectivity index (χ4n) is 5.97. The summed E-state index contributed by atoms with van der Waals surface area (Å²) < 4.78 is 13.0. The number of rotatable bonds is 6. The first-order chi connectivity index (χ1) is 18.5. The second kappa shape index (κ2) is 9.74. The molecule has 194 valence electrons. The fraction of sp³-hybridized carbons (Fsp3) is 0.290. The molecule has 38 heavy (non-hydrogen) atoms.